The van der Waals surface area contributed by atoms with Crippen LogP contribution in [0.25, 0.3) is 10.8 Å². The molecule has 1 fully saturated rings. The molecule has 0 unspecified atom stereocenters. The third-order valence-electron chi connectivity index (χ3n) is 5.63. The van der Waals surface area contributed by atoms with Crippen molar-refractivity contribution in [3.05, 3.63) is 48.0 Å². The molecule has 1 aliphatic rings. The van der Waals surface area contributed by atoms with Crippen LogP contribution < -0.4 is 0 Å². The van der Waals surface area contributed by atoms with Crippen molar-refractivity contribution in [1.29, 1.82) is 0 Å². The van der Waals surface area contributed by atoms with Crippen LogP contribution >= 0.6 is 0 Å². The van der Waals surface area contributed by atoms with Gasteiger partial charge in [0.15, 0.2) is 0 Å². The zero-order valence-corrected chi connectivity index (χ0v) is 18.0. The van der Waals surface area contributed by atoms with Gasteiger partial charge in [0.25, 0.3) is 5.91 Å². The van der Waals surface area contributed by atoms with Gasteiger partial charge in [-0.3, -0.25) is 4.79 Å². The molecular weight excluding hydrogens is 380 g/mol. The number of carbonyl (C=O) groups excluding carboxylic acids is 2. The average Bonchev–Trinajstić information content (AvgIpc) is 2.78. The predicted molar refractivity (Wildman–Crippen MR) is 118 cm³/mol. The summed E-state index contributed by atoms with van der Waals surface area (Å²) in [5, 5.41) is 2.01. The first-order valence-corrected chi connectivity index (χ1v) is 10.8. The second-order valence-corrected chi connectivity index (χ2v) is 7.73. The minimum atomic E-state index is -0.275. The highest BCUT2D eigenvalue weighted by molar-refractivity contribution is 6.07. The third-order valence-corrected chi connectivity index (χ3v) is 5.63. The molecule has 162 valence electrons. The van der Waals surface area contributed by atoms with E-state index in [1.807, 2.05) is 47.4 Å². The molecule has 0 saturated carbocycles. The Hall–Kier alpha value is -2.60. The van der Waals surface area contributed by atoms with Crippen LogP contribution in [0.3, 0.4) is 0 Å². The van der Waals surface area contributed by atoms with E-state index in [1.165, 1.54) is 0 Å². The lowest BCUT2D eigenvalue weighted by molar-refractivity contribution is 0.0337. The van der Waals surface area contributed by atoms with Crippen LogP contribution in [0.4, 0.5) is 4.79 Å². The standard InChI is InChI=1S/C24H32N2O4/c1-3-4-17-30-24(28)26-15-14-25(18-20(26)11-8-16-29-2)23(27)22-13-7-10-19-9-5-6-12-21(19)22/h5-7,9-10,12-13,20H,3-4,8,11,14-18H2,1-2H3/t20-/m0/s1. The topological polar surface area (TPSA) is 59.1 Å². The lowest BCUT2D eigenvalue weighted by atomic mass is 10.0. The Bertz CT molecular complexity index is 849. The maximum absolute atomic E-state index is 13.3. The van der Waals surface area contributed by atoms with Gasteiger partial charge in [-0.2, -0.15) is 0 Å². The fraction of sp³-hybridized carbons (Fsp3) is 0.500. The molecule has 3 rings (SSSR count). The van der Waals surface area contributed by atoms with E-state index < -0.39 is 0 Å². The summed E-state index contributed by atoms with van der Waals surface area (Å²) in [6, 6.07) is 13.7. The van der Waals surface area contributed by atoms with E-state index in [9.17, 15) is 9.59 Å². The fourth-order valence-corrected chi connectivity index (χ4v) is 3.96. The number of hydrogen-bond donors (Lipinski definition) is 0. The highest BCUT2D eigenvalue weighted by Crippen LogP contribution is 2.23. The Morgan fingerprint density at radius 1 is 1.03 bits per heavy atom. The number of hydrogen-bond acceptors (Lipinski definition) is 4. The highest BCUT2D eigenvalue weighted by atomic mass is 16.6. The van der Waals surface area contributed by atoms with E-state index in [2.05, 4.69) is 6.92 Å². The van der Waals surface area contributed by atoms with Crippen molar-refractivity contribution in [2.24, 2.45) is 0 Å². The van der Waals surface area contributed by atoms with Gasteiger partial charge in [0.1, 0.15) is 0 Å². The Morgan fingerprint density at radius 3 is 2.63 bits per heavy atom. The molecule has 1 saturated heterocycles. The van der Waals surface area contributed by atoms with Crippen molar-refractivity contribution in [2.75, 3.05) is 40.0 Å². The van der Waals surface area contributed by atoms with Crippen LogP contribution in [0.1, 0.15) is 43.0 Å². The Morgan fingerprint density at radius 2 is 1.83 bits per heavy atom. The SMILES string of the molecule is CCCCOC(=O)N1CCN(C(=O)c2cccc3ccccc23)C[C@@H]1CCCOC. The number of methoxy groups -OCH3 is 1. The van der Waals surface area contributed by atoms with Gasteiger partial charge in [-0.1, -0.05) is 49.7 Å². The average molecular weight is 413 g/mol. The van der Waals surface area contributed by atoms with Crippen molar-refractivity contribution >= 4 is 22.8 Å². The minimum absolute atomic E-state index is 0.0162. The van der Waals surface area contributed by atoms with Crippen molar-refractivity contribution in [3.8, 4) is 0 Å². The molecule has 2 amide bonds. The van der Waals surface area contributed by atoms with Crippen LogP contribution in [0, 0.1) is 0 Å². The molecule has 0 bridgehead atoms. The lowest BCUT2D eigenvalue weighted by Crippen LogP contribution is -2.56. The van der Waals surface area contributed by atoms with E-state index in [4.69, 9.17) is 9.47 Å². The monoisotopic (exact) mass is 412 g/mol. The van der Waals surface area contributed by atoms with Crippen LogP contribution in [0.5, 0.6) is 0 Å². The zero-order valence-electron chi connectivity index (χ0n) is 18.0. The number of ether oxygens (including phenoxy) is 2. The molecule has 30 heavy (non-hydrogen) atoms. The van der Waals surface area contributed by atoms with E-state index in [1.54, 1.807) is 12.0 Å². The van der Waals surface area contributed by atoms with Crippen molar-refractivity contribution in [1.82, 2.24) is 9.80 Å². The molecule has 0 aliphatic carbocycles. The number of piperazine rings is 1. The van der Waals surface area contributed by atoms with Gasteiger partial charge < -0.3 is 19.3 Å². The molecule has 0 spiro atoms. The maximum atomic E-state index is 13.3. The van der Waals surface area contributed by atoms with E-state index in [-0.39, 0.29) is 18.0 Å². The zero-order chi connectivity index (χ0) is 21.3. The second kappa shape index (κ2) is 11.0. The summed E-state index contributed by atoms with van der Waals surface area (Å²) in [6.07, 6.45) is 3.17. The molecule has 0 aromatic heterocycles. The van der Waals surface area contributed by atoms with Gasteiger partial charge in [-0.05, 0) is 36.1 Å². The quantitative estimate of drug-likeness (QED) is 0.606. The molecular formula is C24H32N2O4. The van der Waals surface area contributed by atoms with Crippen molar-refractivity contribution in [3.63, 3.8) is 0 Å². The first-order chi connectivity index (χ1) is 14.7. The number of nitrogens with zero attached hydrogens (tertiary/aromatic N) is 2. The summed E-state index contributed by atoms with van der Waals surface area (Å²) in [5.41, 5.74) is 0.711. The fourth-order valence-electron chi connectivity index (χ4n) is 3.96. The van der Waals surface area contributed by atoms with Gasteiger partial charge >= 0.3 is 6.09 Å². The molecule has 0 N–H and O–H groups in total. The minimum Gasteiger partial charge on any atom is -0.449 e. The number of unbranched alkanes of at least 4 members (excludes halogenated alkanes) is 1. The number of fused-ring (bicyclic) bond motifs is 1. The van der Waals surface area contributed by atoms with Gasteiger partial charge in [0.05, 0.1) is 12.6 Å². The molecule has 2 aromatic rings. The Balaban J connectivity index is 1.73. The number of carbonyl (C=O) groups is 2. The Labute approximate surface area is 178 Å². The number of amides is 2. The molecule has 1 aliphatic heterocycles. The summed E-state index contributed by atoms with van der Waals surface area (Å²) in [4.78, 5) is 29.6. The van der Waals surface area contributed by atoms with Crippen molar-refractivity contribution < 1.29 is 19.1 Å². The second-order valence-electron chi connectivity index (χ2n) is 7.73. The summed E-state index contributed by atoms with van der Waals surface area (Å²) in [5.74, 6) is 0.0162. The van der Waals surface area contributed by atoms with Crippen LogP contribution in [-0.4, -0.2) is 67.8 Å². The van der Waals surface area contributed by atoms with Gasteiger partial charge in [0.2, 0.25) is 0 Å². The molecule has 2 aromatic carbocycles. The normalized spacial score (nSPS) is 16.7. The number of benzene rings is 2. The Kier molecular flexibility index (Phi) is 8.08. The van der Waals surface area contributed by atoms with Gasteiger partial charge in [-0.15, -0.1) is 0 Å². The summed E-state index contributed by atoms with van der Waals surface area (Å²) < 4.78 is 10.6. The van der Waals surface area contributed by atoms with Crippen LogP contribution in [0.2, 0.25) is 0 Å². The molecule has 1 atom stereocenters. The first-order valence-electron chi connectivity index (χ1n) is 10.8. The molecule has 6 nitrogen and oxygen atoms in total. The lowest BCUT2D eigenvalue weighted by Gasteiger charge is -2.41. The molecule has 0 radical (unpaired) electrons. The molecule has 6 heteroatoms. The summed E-state index contributed by atoms with van der Waals surface area (Å²) in [6.45, 7) is 4.64. The number of rotatable bonds is 8. The van der Waals surface area contributed by atoms with E-state index >= 15 is 0 Å². The van der Waals surface area contributed by atoms with Crippen molar-refractivity contribution in [2.45, 2.75) is 38.6 Å². The first kappa shape index (κ1) is 22.1. The summed E-state index contributed by atoms with van der Waals surface area (Å²) in [7, 11) is 1.67. The van der Waals surface area contributed by atoms with E-state index in [0.29, 0.717) is 38.4 Å². The van der Waals surface area contributed by atoms with E-state index in [0.717, 1.165) is 36.5 Å². The predicted octanol–water partition coefficient (Wildman–Crippen LogP) is 4.33. The summed E-state index contributed by atoms with van der Waals surface area (Å²) >= 11 is 0. The maximum Gasteiger partial charge on any atom is 0.410 e. The smallest absolute Gasteiger partial charge is 0.410 e. The largest absolute Gasteiger partial charge is 0.449 e. The third kappa shape index (κ3) is 5.30. The van der Waals surface area contributed by atoms with Gasteiger partial charge in [0, 0.05) is 38.9 Å². The van der Waals surface area contributed by atoms with Crippen LogP contribution in [-0.2, 0) is 9.47 Å². The van der Waals surface area contributed by atoms with Crippen LogP contribution in [0.15, 0.2) is 42.5 Å². The van der Waals surface area contributed by atoms with Gasteiger partial charge in [-0.25, -0.2) is 4.79 Å². The highest BCUT2D eigenvalue weighted by Gasteiger charge is 2.33. The molecule has 1 heterocycles.